The van der Waals surface area contributed by atoms with Gasteiger partial charge in [0.1, 0.15) is 0 Å². The molecule has 1 unspecified atom stereocenters. The Morgan fingerprint density at radius 3 is 1.50 bits per heavy atom. The average Bonchev–Trinajstić information content (AvgIpc) is 1.52. The van der Waals surface area contributed by atoms with Crippen LogP contribution in [0.5, 0.6) is 0 Å². The summed E-state index contributed by atoms with van der Waals surface area (Å²) in [6.45, 7) is 8.43. The first-order valence-corrected chi connectivity index (χ1v) is 6.77. The van der Waals surface area contributed by atoms with Crippen molar-refractivity contribution in [2.75, 3.05) is 0 Å². The molecule has 0 bridgehead atoms. The summed E-state index contributed by atoms with van der Waals surface area (Å²) in [5, 5.41) is -0.399. The monoisotopic (exact) mass is 210 g/mol. The van der Waals surface area contributed by atoms with E-state index in [0.717, 1.165) is 0 Å². The molecule has 0 saturated carbocycles. The minimum atomic E-state index is -2.80. The summed E-state index contributed by atoms with van der Waals surface area (Å²) in [5.74, 6) is 0. The highest BCUT2D eigenvalue weighted by Gasteiger charge is 2.37. The number of rotatable bonds is 1. The molecule has 0 radical (unpaired) electrons. The summed E-state index contributed by atoms with van der Waals surface area (Å²) in [6.07, 6.45) is 0. The van der Waals surface area contributed by atoms with E-state index in [0.29, 0.717) is 0 Å². The van der Waals surface area contributed by atoms with Crippen LogP contribution in [0.15, 0.2) is 0 Å². The highest BCUT2D eigenvalue weighted by Crippen LogP contribution is 2.64. The van der Waals surface area contributed by atoms with Crippen LogP contribution in [-0.4, -0.2) is 10.8 Å². The smallest absolute Gasteiger partial charge is 0.260 e. The zero-order valence-electron chi connectivity index (χ0n) is 8.71. The van der Waals surface area contributed by atoms with Crippen molar-refractivity contribution in [2.24, 2.45) is 0 Å². The summed E-state index contributed by atoms with van der Waals surface area (Å²) >= 11 is 4.09. The summed E-state index contributed by atoms with van der Waals surface area (Å²) < 4.78 is 17.3. The van der Waals surface area contributed by atoms with Crippen LogP contribution in [-0.2, 0) is 9.09 Å². The van der Waals surface area contributed by atoms with Gasteiger partial charge in [-0.2, -0.15) is 0 Å². The molecular weight excluding hydrogens is 191 g/mol. The first kappa shape index (κ1) is 12.5. The van der Waals surface area contributed by atoms with Gasteiger partial charge in [0.15, 0.2) is 0 Å². The number of thiol groups is 1. The van der Waals surface area contributed by atoms with Gasteiger partial charge in [0, 0.05) is 5.16 Å². The zero-order chi connectivity index (χ0) is 10.2. The zero-order valence-corrected chi connectivity index (χ0v) is 10.5. The van der Waals surface area contributed by atoms with Crippen LogP contribution in [0.25, 0.3) is 0 Å². The highest BCUT2D eigenvalue weighted by atomic mass is 32.7. The molecule has 0 saturated heterocycles. The molecule has 0 aliphatic carbocycles. The Balaban J connectivity index is 4.57. The van der Waals surface area contributed by atoms with Crippen molar-refractivity contribution >= 4 is 18.8 Å². The fourth-order valence-corrected chi connectivity index (χ4v) is 2.26. The molecule has 12 heavy (non-hydrogen) atoms. The Hall–Kier alpha value is 0.540. The molecule has 4 heteroatoms. The third kappa shape index (κ3) is 3.97. The second kappa shape index (κ2) is 3.36. The van der Waals surface area contributed by atoms with Crippen molar-refractivity contribution in [3.63, 3.8) is 0 Å². The van der Waals surface area contributed by atoms with Crippen molar-refractivity contribution in [2.45, 2.75) is 52.3 Å². The van der Waals surface area contributed by atoms with Gasteiger partial charge in [-0.05, 0) is 20.8 Å². The predicted octanol–water partition coefficient (Wildman–Crippen LogP) is 3.72. The largest absolute Gasteiger partial charge is 0.315 e. The molecule has 0 fully saturated rings. The molecule has 0 aromatic carbocycles. The van der Waals surface area contributed by atoms with Gasteiger partial charge in [-0.25, -0.2) is 0 Å². The summed E-state index contributed by atoms with van der Waals surface area (Å²) in [5.41, 5.74) is -0.398. The Kier molecular flexibility index (Phi) is 3.51. The first-order valence-electron chi connectivity index (χ1n) is 3.99. The van der Waals surface area contributed by atoms with E-state index in [1.807, 2.05) is 41.5 Å². The lowest BCUT2D eigenvalue weighted by molar-refractivity contribution is 0.135. The Morgan fingerprint density at radius 2 is 1.42 bits per heavy atom. The minimum absolute atomic E-state index is 0.398. The third-order valence-corrected chi connectivity index (χ3v) is 5.78. The molecule has 0 N–H and O–H groups in total. The maximum atomic E-state index is 11.9. The van der Waals surface area contributed by atoms with E-state index < -0.39 is 17.3 Å². The molecule has 0 spiro atoms. The van der Waals surface area contributed by atoms with Gasteiger partial charge in [0.05, 0.1) is 5.60 Å². The van der Waals surface area contributed by atoms with E-state index in [9.17, 15) is 4.57 Å². The van der Waals surface area contributed by atoms with Gasteiger partial charge in [-0.15, -0.1) is 0 Å². The molecule has 2 nitrogen and oxygen atoms in total. The predicted molar refractivity (Wildman–Crippen MR) is 57.2 cm³/mol. The number of hydrogen-bond donors (Lipinski definition) is 1. The van der Waals surface area contributed by atoms with Crippen molar-refractivity contribution in [3.8, 4) is 0 Å². The van der Waals surface area contributed by atoms with Gasteiger partial charge >= 0.3 is 0 Å². The van der Waals surface area contributed by atoms with Crippen LogP contribution in [0.1, 0.15) is 41.5 Å². The highest BCUT2D eigenvalue weighted by molar-refractivity contribution is 8.46. The molecule has 0 aromatic heterocycles. The van der Waals surface area contributed by atoms with E-state index in [-0.39, 0.29) is 0 Å². The van der Waals surface area contributed by atoms with E-state index >= 15 is 0 Å². The summed E-state index contributed by atoms with van der Waals surface area (Å²) in [7, 11) is 0. The first-order chi connectivity index (χ1) is 4.96. The van der Waals surface area contributed by atoms with Gasteiger partial charge in [0.2, 0.25) is 0 Å². The Morgan fingerprint density at radius 1 is 1.08 bits per heavy atom. The van der Waals surface area contributed by atoms with Gasteiger partial charge in [0.25, 0.3) is 6.57 Å². The summed E-state index contributed by atoms with van der Waals surface area (Å²) in [6, 6.07) is 0. The molecule has 1 atom stereocenters. The lowest BCUT2D eigenvalue weighted by Gasteiger charge is -2.32. The molecular formula is C8H19O2PS. The molecule has 0 aliphatic heterocycles. The van der Waals surface area contributed by atoms with Crippen LogP contribution in [0.4, 0.5) is 0 Å². The van der Waals surface area contributed by atoms with Crippen LogP contribution in [0.2, 0.25) is 0 Å². The van der Waals surface area contributed by atoms with Crippen LogP contribution < -0.4 is 0 Å². The van der Waals surface area contributed by atoms with Gasteiger partial charge in [-0.1, -0.05) is 33.0 Å². The molecule has 0 rings (SSSR count). The lowest BCUT2D eigenvalue weighted by atomic mass is 10.2. The van der Waals surface area contributed by atoms with Crippen LogP contribution >= 0.6 is 18.8 Å². The van der Waals surface area contributed by atoms with Crippen LogP contribution in [0, 0.1) is 0 Å². The molecule has 0 amide bonds. The average molecular weight is 210 g/mol. The third-order valence-electron chi connectivity index (χ3n) is 1.25. The van der Waals surface area contributed by atoms with E-state index in [2.05, 4.69) is 12.2 Å². The SMILES string of the molecule is CC(C)(C)OP(=O)(S)C(C)(C)C. The van der Waals surface area contributed by atoms with Crippen molar-refractivity contribution in [3.05, 3.63) is 0 Å². The van der Waals surface area contributed by atoms with Crippen LogP contribution in [0.3, 0.4) is 0 Å². The quantitative estimate of drug-likeness (QED) is 0.527. The van der Waals surface area contributed by atoms with E-state index in [4.69, 9.17) is 4.52 Å². The molecule has 0 aromatic rings. The normalized spacial score (nSPS) is 18.9. The number of hydrogen-bond acceptors (Lipinski definition) is 2. The molecule has 0 heterocycles. The topological polar surface area (TPSA) is 26.3 Å². The Bertz CT molecular complexity index is 200. The van der Waals surface area contributed by atoms with E-state index in [1.165, 1.54) is 0 Å². The van der Waals surface area contributed by atoms with E-state index in [1.54, 1.807) is 0 Å². The molecule has 0 aliphatic rings. The van der Waals surface area contributed by atoms with Gasteiger partial charge in [-0.3, -0.25) is 4.57 Å². The van der Waals surface area contributed by atoms with Crippen molar-refractivity contribution < 1.29 is 9.09 Å². The lowest BCUT2D eigenvalue weighted by Crippen LogP contribution is -2.23. The fourth-order valence-electron chi connectivity index (χ4n) is 0.508. The van der Waals surface area contributed by atoms with Gasteiger partial charge < -0.3 is 4.52 Å². The summed E-state index contributed by atoms with van der Waals surface area (Å²) in [4.78, 5) is 0. The second-order valence-corrected chi connectivity index (χ2v) is 9.04. The fraction of sp³-hybridized carbons (Fsp3) is 1.00. The maximum Gasteiger partial charge on any atom is 0.260 e. The van der Waals surface area contributed by atoms with Crippen molar-refractivity contribution in [1.29, 1.82) is 0 Å². The maximum absolute atomic E-state index is 11.9. The second-order valence-electron chi connectivity index (χ2n) is 4.89. The minimum Gasteiger partial charge on any atom is -0.315 e. The Labute approximate surface area is 80.7 Å². The standard InChI is InChI=1S/C8H19O2PS/c1-7(2,3)10-11(9,12)8(4,5)6/h1-6H3,(H,9,12). The molecule has 74 valence electrons. The van der Waals surface area contributed by atoms with Crippen molar-refractivity contribution in [1.82, 2.24) is 0 Å².